The van der Waals surface area contributed by atoms with E-state index in [0.717, 1.165) is 22.8 Å². The molecular weight excluding hydrogens is 261 g/mol. The second-order valence-electron chi connectivity index (χ2n) is 4.41. The molecule has 1 unspecified atom stereocenters. The molecule has 0 spiro atoms. The molecule has 102 valence electrons. The van der Waals surface area contributed by atoms with Crippen molar-refractivity contribution in [2.75, 3.05) is 6.54 Å². The van der Waals surface area contributed by atoms with Gasteiger partial charge < -0.3 is 9.73 Å². The molecule has 2 aromatic rings. The second kappa shape index (κ2) is 6.26. The topological polar surface area (TPSA) is 25.2 Å². The highest BCUT2D eigenvalue weighted by atomic mass is 32.2. The highest BCUT2D eigenvalue weighted by Gasteiger charge is 2.11. The van der Waals surface area contributed by atoms with E-state index < -0.39 is 0 Å². The summed E-state index contributed by atoms with van der Waals surface area (Å²) in [6.45, 7) is 6.82. The number of aryl methyl sites for hydroxylation is 1. The summed E-state index contributed by atoms with van der Waals surface area (Å²) in [5.74, 6) is 0.627. The predicted octanol–water partition coefficient (Wildman–Crippen LogP) is 4.55. The zero-order valence-corrected chi connectivity index (χ0v) is 12.2. The van der Waals surface area contributed by atoms with E-state index in [-0.39, 0.29) is 11.9 Å². The average Bonchev–Trinajstić information content (AvgIpc) is 2.78. The van der Waals surface area contributed by atoms with Crippen LogP contribution in [0.2, 0.25) is 0 Å². The molecule has 1 atom stereocenters. The van der Waals surface area contributed by atoms with Crippen LogP contribution in [0.5, 0.6) is 0 Å². The molecule has 0 saturated heterocycles. The van der Waals surface area contributed by atoms with Gasteiger partial charge in [0, 0.05) is 10.9 Å². The number of furan rings is 1. The van der Waals surface area contributed by atoms with Crippen molar-refractivity contribution in [1.82, 2.24) is 5.32 Å². The Morgan fingerprint density at radius 1 is 1.32 bits per heavy atom. The molecule has 0 fully saturated rings. The van der Waals surface area contributed by atoms with Crippen LogP contribution < -0.4 is 5.32 Å². The molecule has 0 amide bonds. The highest BCUT2D eigenvalue weighted by molar-refractivity contribution is 7.99. The van der Waals surface area contributed by atoms with E-state index in [1.54, 1.807) is 12.3 Å². The molecule has 2 nitrogen and oxygen atoms in total. The molecule has 0 bridgehead atoms. The number of nitrogens with one attached hydrogen (secondary N) is 1. The summed E-state index contributed by atoms with van der Waals surface area (Å²) in [6, 6.07) is 7.41. The van der Waals surface area contributed by atoms with Crippen LogP contribution in [-0.4, -0.2) is 6.54 Å². The maximum atomic E-state index is 14.1. The van der Waals surface area contributed by atoms with Gasteiger partial charge in [-0.25, -0.2) is 4.39 Å². The Hall–Kier alpha value is -1.26. The minimum atomic E-state index is -0.187. The maximum Gasteiger partial charge on any atom is 0.137 e. The molecule has 0 aliphatic carbocycles. The summed E-state index contributed by atoms with van der Waals surface area (Å²) >= 11 is 1.39. The lowest BCUT2D eigenvalue weighted by molar-refractivity contribution is 0.526. The number of benzene rings is 1. The SMILES string of the molecule is CCNC(C)c1ccc(Sc2ccoc2C)c(F)c1. The molecule has 0 saturated carbocycles. The molecular formula is C15H18FNOS. The van der Waals surface area contributed by atoms with Gasteiger partial charge in [-0.1, -0.05) is 24.8 Å². The Labute approximate surface area is 117 Å². The fraction of sp³-hybridized carbons (Fsp3) is 0.333. The molecule has 0 aliphatic rings. The van der Waals surface area contributed by atoms with Crippen molar-refractivity contribution in [1.29, 1.82) is 0 Å². The quantitative estimate of drug-likeness (QED) is 0.869. The second-order valence-corrected chi connectivity index (χ2v) is 5.50. The zero-order valence-electron chi connectivity index (χ0n) is 11.4. The molecule has 19 heavy (non-hydrogen) atoms. The lowest BCUT2D eigenvalue weighted by atomic mass is 10.1. The first-order chi connectivity index (χ1) is 9.11. The summed E-state index contributed by atoms with van der Waals surface area (Å²) in [4.78, 5) is 1.57. The van der Waals surface area contributed by atoms with Crippen molar-refractivity contribution >= 4 is 11.8 Å². The van der Waals surface area contributed by atoms with Crippen LogP contribution in [0.3, 0.4) is 0 Å². The van der Waals surface area contributed by atoms with Crippen molar-refractivity contribution in [3.63, 3.8) is 0 Å². The Kier molecular flexibility index (Phi) is 4.66. The molecule has 4 heteroatoms. The van der Waals surface area contributed by atoms with E-state index in [2.05, 4.69) is 5.32 Å². The normalized spacial score (nSPS) is 12.6. The fourth-order valence-corrected chi connectivity index (χ4v) is 2.74. The van der Waals surface area contributed by atoms with Crippen molar-refractivity contribution in [2.45, 2.75) is 36.6 Å². The third-order valence-electron chi connectivity index (χ3n) is 3.00. The Balaban J connectivity index is 2.18. The number of halogens is 1. The van der Waals surface area contributed by atoms with Crippen LogP contribution in [0.4, 0.5) is 4.39 Å². The average molecular weight is 279 g/mol. The lowest BCUT2D eigenvalue weighted by Crippen LogP contribution is -2.17. The van der Waals surface area contributed by atoms with Crippen LogP contribution in [0, 0.1) is 12.7 Å². The van der Waals surface area contributed by atoms with Gasteiger partial charge in [0.1, 0.15) is 11.6 Å². The molecule has 1 aromatic heterocycles. The lowest BCUT2D eigenvalue weighted by Gasteiger charge is -2.13. The van der Waals surface area contributed by atoms with Crippen LogP contribution in [0.15, 0.2) is 44.7 Å². The zero-order chi connectivity index (χ0) is 13.8. The molecule has 2 rings (SSSR count). The third kappa shape index (κ3) is 3.39. The van der Waals surface area contributed by atoms with Gasteiger partial charge in [-0.2, -0.15) is 0 Å². The minimum Gasteiger partial charge on any atom is -0.468 e. The van der Waals surface area contributed by atoms with Gasteiger partial charge in [-0.15, -0.1) is 0 Å². The predicted molar refractivity (Wildman–Crippen MR) is 76.1 cm³/mol. The van der Waals surface area contributed by atoms with E-state index >= 15 is 0 Å². The number of hydrogen-bond donors (Lipinski definition) is 1. The summed E-state index contributed by atoms with van der Waals surface area (Å²) in [6.07, 6.45) is 1.62. The van der Waals surface area contributed by atoms with E-state index in [4.69, 9.17) is 4.42 Å². The third-order valence-corrected chi connectivity index (χ3v) is 4.19. The molecule has 1 N–H and O–H groups in total. The highest BCUT2D eigenvalue weighted by Crippen LogP contribution is 2.33. The smallest absolute Gasteiger partial charge is 0.137 e. The van der Waals surface area contributed by atoms with E-state index in [1.807, 2.05) is 39.0 Å². The first-order valence-electron chi connectivity index (χ1n) is 6.36. The summed E-state index contributed by atoms with van der Waals surface area (Å²) in [5, 5.41) is 3.27. The van der Waals surface area contributed by atoms with Gasteiger partial charge >= 0.3 is 0 Å². The summed E-state index contributed by atoms with van der Waals surface area (Å²) < 4.78 is 19.3. The Bertz CT molecular complexity index is 553. The van der Waals surface area contributed by atoms with Gasteiger partial charge in [-0.05, 0) is 44.2 Å². The summed E-state index contributed by atoms with van der Waals surface area (Å²) in [5.41, 5.74) is 0.965. The van der Waals surface area contributed by atoms with Crippen molar-refractivity contribution in [3.8, 4) is 0 Å². The van der Waals surface area contributed by atoms with Crippen LogP contribution in [0.1, 0.15) is 31.2 Å². The maximum absolute atomic E-state index is 14.1. The minimum absolute atomic E-state index is 0.161. The standard InChI is InChI=1S/C15H18FNOS/c1-4-17-10(2)12-5-6-15(13(16)9-12)19-14-7-8-18-11(14)3/h5-10,17H,4H2,1-3H3. The van der Waals surface area contributed by atoms with Gasteiger partial charge in [0.15, 0.2) is 0 Å². The van der Waals surface area contributed by atoms with Gasteiger partial charge in [-0.3, -0.25) is 0 Å². The van der Waals surface area contributed by atoms with Gasteiger partial charge in [0.25, 0.3) is 0 Å². The van der Waals surface area contributed by atoms with Gasteiger partial charge in [0.2, 0.25) is 0 Å². The molecule has 1 aromatic carbocycles. The number of rotatable bonds is 5. The summed E-state index contributed by atoms with van der Waals surface area (Å²) in [7, 11) is 0. The van der Waals surface area contributed by atoms with Crippen molar-refractivity contribution in [2.24, 2.45) is 0 Å². The van der Waals surface area contributed by atoms with Gasteiger partial charge in [0.05, 0.1) is 11.2 Å². The van der Waals surface area contributed by atoms with Crippen LogP contribution in [0.25, 0.3) is 0 Å². The molecule has 0 aliphatic heterocycles. The monoisotopic (exact) mass is 279 g/mol. The van der Waals surface area contributed by atoms with Crippen LogP contribution in [-0.2, 0) is 0 Å². The van der Waals surface area contributed by atoms with Crippen LogP contribution >= 0.6 is 11.8 Å². The van der Waals surface area contributed by atoms with Crippen molar-refractivity contribution in [3.05, 3.63) is 47.7 Å². The molecule has 1 heterocycles. The largest absolute Gasteiger partial charge is 0.468 e. The first-order valence-corrected chi connectivity index (χ1v) is 7.18. The van der Waals surface area contributed by atoms with E-state index in [1.165, 1.54) is 11.8 Å². The van der Waals surface area contributed by atoms with E-state index in [0.29, 0.717) is 4.90 Å². The Morgan fingerprint density at radius 2 is 2.11 bits per heavy atom. The fourth-order valence-electron chi connectivity index (χ4n) is 1.89. The molecule has 0 radical (unpaired) electrons. The van der Waals surface area contributed by atoms with E-state index in [9.17, 15) is 4.39 Å². The Morgan fingerprint density at radius 3 is 2.68 bits per heavy atom. The first kappa shape index (κ1) is 14.2. The number of hydrogen-bond acceptors (Lipinski definition) is 3. The van der Waals surface area contributed by atoms with Crippen molar-refractivity contribution < 1.29 is 8.81 Å².